The number of rotatable bonds is 5. The first-order valence-corrected chi connectivity index (χ1v) is 10.7. The van der Waals surface area contributed by atoms with Gasteiger partial charge in [0.1, 0.15) is 10.9 Å². The van der Waals surface area contributed by atoms with Gasteiger partial charge in [0.25, 0.3) is 11.5 Å². The molecule has 0 saturated heterocycles. The number of aromatic nitrogens is 2. The lowest BCUT2D eigenvalue weighted by atomic mass is 10.2. The number of fused-ring (bicyclic) bond motifs is 3. The molecule has 1 N–H and O–H groups in total. The molecule has 0 radical (unpaired) electrons. The number of carbonyl (C=O) groups excluding carboxylic acids is 1. The Balaban J connectivity index is 1.61. The molecule has 1 atom stereocenters. The highest BCUT2D eigenvalue weighted by atomic mass is 32.1. The summed E-state index contributed by atoms with van der Waals surface area (Å²) in [6.45, 7) is 3.69. The van der Waals surface area contributed by atoms with Crippen LogP contribution >= 0.6 is 22.7 Å². The van der Waals surface area contributed by atoms with Crippen molar-refractivity contribution >= 4 is 44.5 Å². The maximum Gasteiger partial charge on any atom is 0.263 e. The standard InChI is InChI=1S/C19H20N4O2S2/c1-3-13(15-8-5-9-26-15)21-22-17(24)11(2)23-10-20-18-16(19(23)25)12-6-4-7-14(12)27-18/h5,8-11H,3-4,6-7H2,1-2H3,(H,22,24)/b21-13-/t11-/m0/s1. The quantitative estimate of drug-likeness (QED) is 0.526. The van der Waals surface area contributed by atoms with Crippen LogP contribution in [0.5, 0.6) is 0 Å². The second-order valence-corrected chi connectivity index (χ2v) is 8.57. The number of carbonyl (C=O) groups is 1. The van der Waals surface area contributed by atoms with Gasteiger partial charge in [-0.15, -0.1) is 22.7 Å². The van der Waals surface area contributed by atoms with Crippen LogP contribution in [0.3, 0.4) is 0 Å². The van der Waals surface area contributed by atoms with Gasteiger partial charge in [0.05, 0.1) is 22.3 Å². The molecule has 6 nitrogen and oxygen atoms in total. The third-order valence-electron chi connectivity index (χ3n) is 4.89. The van der Waals surface area contributed by atoms with E-state index in [1.807, 2.05) is 24.4 Å². The van der Waals surface area contributed by atoms with E-state index < -0.39 is 6.04 Å². The van der Waals surface area contributed by atoms with E-state index in [4.69, 9.17) is 0 Å². The number of hydrogen-bond donors (Lipinski definition) is 1. The second-order valence-electron chi connectivity index (χ2n) is 6.54. The highest BCUT2D eigenvalue weighted by Crippen LogP contribution is 2.34. The molecule has 3 aromatic heterocycles. The first kappa shape index (κ1) is 18.1. The monoisotopic (exact) mass is 400 g/mol. The molecular formula is C19H20N4O2S2. The number of hydrogen-bond acceptors (Lipinski definition) is 6. The molecule has 1 amide bonds. The largest absolute Gasteiger partial charge is 0.286 e. The van der Waals surface area contributed by atoms with Crippen molar-refractivity contribution in [3.05, 3.63) is 49.5 Å². The molecule has 3 heterocycles. The molecule has 0 unspecified atom stereocenters. The summed E-state index contributed by atoms with van der Waals surface area (Å²) in [7, 11) is 0. The van der Waals surface area contributed by atoms with E-state index in [1.54, 1.807) is 29.6 Å². The van der Waals surface area contributed by atoms with Gasteiger partial charge in [-0.25, -0.2) is 10.4 Å². The normalized spacial score (nSPS) is 15.1. The van der Waals surface area contributed by atoms with Crippen molar-refractivity contribution in [2.24, 2.45) is 5.10 Å². The van der Waals surface area contributed by atoms with E-state index >= 15 is 0 Å². The topological polar surface area (TPSA) is 76.3 Å². The third kappa shape index (κ3) is 3.23. The van der Waals surface area contributed by atoms with Crippen molar-refractivity contribution in [2.45, 2.75) is 45.6 Å². The van der Waals surface area contributed by atoms with Crippen molar-refractivity contribution in [1.82, 2.24) is 15.0 Å². The predicted molar refractivity (Wildman–Crippen MR) is 110 cm³/mol. The van der Waals surface area contributed by atoms with Gasteiger partial charge in [-0.3, -0.25) is 14.2 Å². The average molecular weight is 401 g/mol. The lowest BCUT2D eigenvalue weighted by Crippen LogP contribution is -2.34. The minimum Gasteiger partial charge on any atom is -0.286 e. The summed E-state index contributed by atoms with van der Waals surface area (Å²) in [6.07, 6.45) is 5.21. The molecule has 0 saturated carbocycles. The van der Waals surface area contributed by atoms with Gasteiger partial charge in [0.2, 0.25) is 0 Å². The van der Waals surface area contributed by atoms with Gasteiger partial charge in [-0.1, -0.05) is 13.0 Å². The first-order chi connectivity index (χ1) is 13.1. The van der Waals surface area contributed by atoms with Crippen LogP contribution in [0.15, 0.2) is 33.7 Å². The molecule has 27 heavy (non-hydrogen) atoms. The number of amides is 1. The summed E-state index contributed by atoms with van der Waals surface area (Å²) in [4.78, 5) is 33.1. The van der Waals surface area contributed by atoms with Crippen molar-refractivity contribution in [1.29, 1.82) is 0 Å². The predicted octanol–water partition coefficient (Wildman–Crippen LogP) is 3.50. The Morgan fingerprint density at radius 1 is 1.44 bits per heavy atom. The SMILES string of the molecule is CC/C(=N/NC(=O)[C@H](C)n1cnc2sc3c(c2c1=O)CCC3)c1cccs1. The van der Waals surface area contributed by atoms with Crippen LogP contribution in [0.1, 0.15) is 48.0 Å². The molecule has 8 heteroatoms. The number of nitrogens with zero attached hydrogens (tertiary/aromatic N) is 3. The fraction of sp³-hybridized carbons (Fsp3) is 0.368. The Morgan fingerprint density at radius 3 is 3.04 bits per heavy atom. The van der Waals surface area contributed by atoms with E-state index in [9.17, 15) is 9.59 Å². The van der Waals surface area contributed by atoms with Crippen molar-refractivity contribution in [2.75, 3.05) is 0 Å². The molecule has 0 bridgehead atoms. The molecular weight excluding hydrogens is 380 g/mol. The maximum absolute atomic E-state index is 13.0. The molecule has 1 aliphatic carbocycles. The summed E-state index contributed by atoms with van der Waals surface area (Å²) >= 11 is 3.18. The Bertz CT molecular complexity index is 1080. The fourth-order valence-electron chi connectivity index (χ4n) is 3.37. The summed E-state index contributed by atoms with van der Waals surface area (Å²) < 4.78 is 1.41. The van der Waals surface area contributed by atoms with Crippen molar-refractivity contribution in [3.63, 3.8) is 0 Å². The minimum atomic E-state index is -0.684. The minimum absolute atomic E-state index is 0.139. The molecule has 0 fully saturated rings. The summed E-state index contributed by atoms with van der Waals surface area (Å²) in [5.41, 5.74) is 4.42. The second kappa shape index (κ2) is 7.36. The number of aryl methyl sites for hydroxylation is 2. The molecule has 1 aliphatic rings. The Morgan fingerprint density at radius 2 is 2.30 bits per heavy atom. The molecule has 0 spiro atoms. The molecule has 3 aromatic rings. The molecule has 0 aromatic carbocycles. The maximum atomic E-state index is 13.0. The van der Waals surface area contributed by atoms with Crippen LogP contribution in [0.2, 0.25) is 0 Å². The van der Waals surface area contributed by atoms with Crippen LogP contribution in [-0.2, 0) is 17.6 Å². The molecule has 4 rings (SSSR count). The lowest BCUT2D eigenvalue weighted by Gasteiger charge is -2.13. The van der Waals surface area contributed by atoms with Gasteiger partial charge >= 0.3 is 0 Å². The smallest absolute Gasteiger partial charge is 0.263 e. The Labute approximate surface area is 164 Å². The van der Waals surface area contributed by atoms with Crippen LogP contribution in [0.25, 0.3) is 10.2 Å². The fourth-order valence-corrected chi connectivity index (χ4v) is 5.37. The van der Waals surface area contributed by atoms with Gasteiger partial charge < -0.3 is 0 Å². The Kier molecular flexibility index (Phi) is 4.92. The van der Waals surface area contributed by atoms with Gasteiger partial charge in [-0.05, 0) is 49.6 Å². The van der Waals surface area contributed by atoms with Crippen LogP contribution < -0.4 is 11.0 Å². The summed E-state index contributed by atoms with van der Waals surface area (Å²) in [5.74, 6) is -0.326. The van der Waals surface area contributed by atoms with Gasteiger partial charge in [0.15, 0.2) is 0 Å². The zero-order chi connectivity index (χ0) is 19.0. The van der Waals surface area contributed by atoms with Crippen LogP contribution in [0, 0.1) is 0 Å². The molecule has 140 valence electrons. The lowest BCUT2D eigenvalue weighted by molar-refractivity contribution is -0.123. The Hall–Kier alpha value is -2.32. The van der Waals surface area contributed by atoms with E-state index in [-0.39, 0.29) is 11.5 Å². The number of thiophene rings is 2. The number of hydrazone groups is 1. The van der Waals surface area contributed by atoms with E-state index in [0.717, 1.165) is 40.2 Å². The first-order valence-electron chi connectivity index (χ1n) is 9.01. The highest BCUT2D eigenvalue weighted by molar-refractivity contribution is 7.18. The zero-order valence-electron chi connectivity index (χ0n) is 15.2. The van der Waals surface area contributed by atoms with E-state index in [1.165, 1.54) is 15.8 Å². The van der Waals surface area contributed by atoms with Gasteiger partial charge in [0, 0.05) is 4.88 Å². The number of nitrogens with one attached hydrogen (secondary N) is 1. The summed E-state index contributed by atoms with van der Waals surface area (Å²) in [6, 6.07) is 3.24. The van der Waals surface area contributed by atoms with Crippen LogP contribution in [0.4, 0.5) is 0 Å². The van der Waals surface area contributed by atoms with Crippen molar-refractivity contribution in [3.8, 4) is 0 Å². The third-order valence-corrected chi connectivity index (χ3v) is 7.01. The van der Waals surface area contributed by atoms with Crippen LogP contribution in [-0.4, -0.2) is 21.2 Å². The average Bonchev–Trinajstić information content (AvgIpc) is 3.39. The van der Waals surface area contributed by atoms with Gasteiger partial charge in [-0.2, -0.15) is 5.10 Å². The van der Waals surface area contributed by atoms with Crippen molar-refractivity contribution < 1.29 is 4.79 Å². The molecule has 0 aliphatic heterocycles. The van der Waals surface area contributed by atoms with E-state index in [2.05, 4.69) is 15.5 Å². The van der Waals surface area contributed by atoms with E-state index in [0.29, 0.717) is 11.8 Å². The highest BCUT2D eigenvalue weighted by Gasteiger charge is 2.24. The summed E-state index contributed by atoms with van der Waals surface area (Å²) in [5, 5.41) is 6.93. The zero-order valence-corrected chi connectivity index (χ0v) is 16.8.